The van der Waals surface area contributed by atoms with Crippen LogP contribution < -0.4 is 0 Å². The Bertz CT molecular complexity index is 841. The molecule has 0 aromatic heterocycles. The maximum absolute atomic E-state index is 6.05. The third kappa shape index (κ3) is 4.33. The van der Waals surface area contributed by atoms with Crippen LogP contribution in [-0.4, -0.2) is 17.7 Å². The van der Waals surface area contributed by atoms with Gasteiger partial charge < -0.3 is 4.74 Å². The largest absolute Gasteiger partial charge is 0.487 e. The van der Waals surface area contributed by atoms with Crippen molar-refractivity contribution in [3.8, 4) is 0 Å². The standard InChI is InChI=1S/C22H24ClNOS/c1-5-20(15-9-11-18(23)12-10-15)26-21(24-4)16-7-6-8-19-17(13-16)14-22(2,3)25-19/h5-6,8-13H,7,14H2,1-4H3/b20-5+,24-21?. The fourth-order valence-electron chi connectivity index (χ4n) is 3.18. The molecule has 0 saturated heterocycles. The van der Waals surface area contributed by atoms with E-state index < -0.39 is 0 Å². The molecule has 136 valence electrons. The molecule has 0 saturated carbocycles. The van der Waals surface area contributed by atoms with E-state index in [1.54, 1.807) is 11.8 Å². The predicted octanol–water partition coefficient (Wildman–Crippen LogP) is 6.80. The summed E-state index contributed by atoms with van der Waals surface area (Å²) in [5.74, 6) is 0.995. The zero-order chi connectivity index (χ0) is 18.7. The van der Waals surface area contributed by atoms with E-state index in [1.807, 2.05) is 31.3 Å². The minimum Gasteiger partial charge on any atom is -0.487 e. The molecule has 0 N–H and O–H groups in total. The summed E-state index contributed by atoms with van der Waals surface area (Å²) in [4.78, 5) is 5.76. The zero-order valence-electron chi connectivity index (χ0n) is 15.7. The Kier molecular flexibility index (Phi) is 5.79. The normalized spacial score (nSPS) is 19.8. The molecular formula is C22H24ClNOS. The van der Waals surface area contributed by atoms with Crippen LogP contribution in [0.25, 0.3) is 4.91 Å². The van der Waals surface area contributed by atoms with Crippen molar-refractivity contribution in [1.82, 2.24) is 0 Å². The SMILES string of the molecule is C/C=C(/SC(=NC)C1=CC2=C(C=CC1)OC(C)(C)C2)c1ccc(Cl)cc1. The summed E-state index contributed by atoms with van der Waals surface area (Å²) >= 11 is 7.72. The number of thioether (sulfide) groups is 1. The van der Waals surface area contributed by atoms with E-state index >= 15 is 0 Å². The average Bonchev–Trinajstić information content (AvgIpc) is 2.77. The molecule has 26 heavy (non-hydrogen) atoms. The van der Waals surface area contributed by atoms with Crippen molar-refractivity contribution < 1.29 is 4.74 Å². The van der Waals surface area contributed by atoms with Crippen LogP contribution in [0.1, 0.15) is 39.2 Å². The molecule has 1 aliphatic heterocycles. The van der Waals surface area contributed by atoms with Gasteiger partial charge >= 0.3 is 0 Å². The second kappa shape index (κ2) is 7.89. The van der Waals surface area contributed by atoms with Crippen LogP contribution in [0.4, 0.5) is 0 Å². The number of nitrogens with zero attached hydrogens (tertiary/aromatic N) is 1. The molecule has 0 atom stereocenters. The molecule has 0 amide bonds. The van der Waals surface area contributed by atoms with Gasteiger partial charge in [0.25, 0.3) is 0 Å². The molecule has 0 unspecified atom stereocenters. The Balaban J connectivity index is 1.85. The molecule has 1 heterocycles. The summed E-state index contributed by atoms with van der Waals surface area (Å²) in [6.07, 6.45) is 10.4. The smallest absolute Gasteiger partial charge is 0.123 e. The van der Waals surface area contributed by atoms with Gasteiger partial charge in [0.2, 0.25) is 0 Å². The van der Waals surface area contributed by atoms with Crippen LogP contribution in [0.5, 0.6) is 0 Å². The molecule has 1 aromatic rings. The van der Waals surface area contributed by atoms with Crippen LogP contribution in [0.2, 0.25) is 5.02 Å². The number of rotatable bonds is 3. The molecule has 1 aromatic carbocycles. The number of ether oxygens (including phenoxy) is 1. The van der Waals surface area contributed by atoms with Crippen molar-refractivity contribution in [3.05, 3.63) is 76.1 Å². The van der Waals surface area contributed by atoms with E-state index in [0.29, 0.717) is 0 Å². The van der Waals surface area contributed by atoms with E-state index in [2.05, 4.69) is 50.1 Å². The summed E-state index contributed by atoms with van der Waals surface area (Å²) in [6.45, 7) is 6.32. The van der Waals surface area contributed by atoms with E-state index in [1.165, 1.54) is 16.1 Å². The first-order chi connectivity index (χ1) is 12.4. The summed E-state index contributed by atoms with van der Waals surface area (Å²) in [5, 5.41) is 1.79. The number of hydrogen-bond acceptors (Lipinski definition) is 3. The summed E-state index contributed by atoms with van der Waals surface area (Å²) < 4.78 is 6.05. The van der Waals surface area contributed by atoms with Gasteiger partial charge in [-0.2, -0.15) is 0 Å². The van der Waals surface area contributed by atoms with Crippen molar-refractivity contribution in [3.63, 3.8) is 0 Å². The lowest BCUT2D eigenvalue weighted by molar-refractivity contribution is 0.0682. The van der Waals surface area contributed by atoms with Crippen LogP contribution >= 0.6 is 23.4 Å². The molecule has 0 fully saturated rings. The number of benzene rings is 1. The number of halogens is 1. The van der Waals surface area contributed by atoms with E-state index in [4.69, 9.17) is 16.3 Å². The zero-order valence-corrected chi connectivity index (χ0v) is 17.2. The van der Waals surface area contributed by atoms with Gasteiger partial charge in [0.1, 0.15) is 11.4 Å². The molecule has 3 rings (SSSR count). The fraction of sp³-hybridized carbons (Fsp3) is 0.318. The average molecular weight is 386 g/mol. The Morgan fingerprint density at radius 1 is 1.27 bits per heavy atom. The second-order valence-electron chi connectivity index (χ2n) is 6.99. The minimum absolute atomic E-state index is 0.136. The molecule has 4 heteroatoms. The first-order valence-corrected chi connectivity index (χ1v) is 9.98. The third-order valence-electron chi connectivity index (χ3n) is 4.35. The van der Waals surface area contributed by atoms with Gasteiger partial charge in [0, 0.05) is 23.4 Å². The first kappa shape index (κ1) is 19.1. The van der Waals surface area contributed by atoms with Gasteiger partial charge in [-0.15, -0.1) is 0 Å². The van der Waals surface area contributed by atoms with Gasteiger partial charge in [-0.3, -0.25) is 4.99 Å². The van der Waals surface area contributed by atoms with Crippen LogP contribution in [0.15, 0.2) is 70.5 Å². The second-order valence-corrected chi connectivity index (χ2v) is 8.46. The molecule has 0 bridgehead atoms. The van der Waals surface area contributed by atoms with Gasteiger partial charge in [-0.1, -0.05) is 47.6 Å². The number of aliphatic imine (C=N–C) groups is 1. The first-order valence-electron chi connectivity index (χ1n) is 8.78. The number of allylic oxidation sites excluding steroid dienone is 4. The molecule has 2 nitrogen and oxygen atoms in total. The molecule has 0 spiro atoms. The molecule has 1 aliphatic carbocycles. The Morgan fingerprint density at radius 3 is 2.65 bits per heavy atom. The highest BCUT2D eigenvalue weighted by Gasteiger charge is 2.31. The highest BCUT2D eigenvalue weighted by molar-refractivity contribution is 8.22. The molecular weight excluding hydrogens is 362 g/mol. The quantitative estimate of drug-likeness (QED) is 0.421. The van der Waals surface area contributed by atoms with Gasteiger partial charge in [-0.25, -0.2) is 0 Å². The van der Waals surface area contributed by atoms with Gasteiger partial charge in [0.05, 0.1) is 5.04 Å². The van der Waals surface area contributed by atoms with Crippen molar-refractivity contribution >= 4 is 33.3 Å². The summed E-state index contributed by atoms with van der Waals surface area (Å²) in [7, 11) is 1.86. The fourth-order valence-corrected chi connectivity index (χ4v) is 4.25. The summed E-state index contributed by atoms with van der Waals surface area (Å²) in [6, 6.07) is 7.94. The van der Waals surface area contributed by atoms with Crippen molar-refractivity contribution in [1.29, 1.82) is 0 Å². The minimum atomic E-state index is -0.136. The predicted molar refractivity (Wildman–Crippen MR) is 115 cm³/mol. The monoisotopic (exact) mass is 385 g/mol. The van der Waals surface area contributed by atoms with Gasteiger partial charge in [0.15, 0.2) is 0 Å². The van der Waals surface area contributed by atoms with Crippen LogP contribution in [0.3, 0.4) is 0 Å². The Labute approximate surface area is 165 Å². The van der Waals surface area contributed by atoms with E-state index in [-0.39, 0.29) is 5.60 Å². The van der Waals surface area contributed by atoms with Crippen LogP contribution in [0, 0.1) is 0 Å². The lowest BCUT2D eigenvalue weighted by atomic mass is 9.99. The lowest BCUT2D eigenvalue weighted by Crippen LogP contribution is -2.17. The maximum atomic E-state index is 6.05. The van der Waals surface area contributed by atoms with Crippen LogP contribution in [-0.2, 0) is 4.74 Å². The maximum Gasteiger partial charge on any atom is 0.123 e. The summed E-state index contributed by atoms with van der Waals surface area (Å²) in [5.41, 5.74) is 3.50. The van der Waals surface area contributed by atoms with Crippen molar-refractivity contribution in [2.45, 2.75) is 39.2 Å². The topological polar surface area (TPSA) is 21.6 Å². The molecule has 0 radical (unpaired) electrons. The van der Waals surface area contributed by atoms with Crippen molar-refractivity contribution in [2.24, 2.45) is 4.99 Å². The third-order valence-corrected chi connectivity index (χ3v) is 5.93. The van der Waals surface area contributed by atoms with E-state index in [0.717, 1.165) is 34.2 Å². The Morgan fingerprint density at radius 2 is 2.00 bits per heavy atom. The van der Waals surface area contributed by atoms with Gasteiger partial charge in [-0.05, 0) is 68.2 Å². The number of hydrogen-bond donors (Lipinski definition) is 0. The van der Waals surface area contributed by atoms with Crippen molar-refractivity contribution in [2.75, 3.05) is 7.05 Å². The van der Waals surface area contributed by atoms with E-state index in [9.17, 15) is 0 Å². The highest BCUT2D eigenvalue weighted by Crippen LogP contribution is 2.39. The molecule has 2 aliphatic rings. The lowest BCUT2D eigenvalue weighted by Gasteiger charge is -2.18. The highest BCUT2D eigenvalue weighted by atomic mass is 35.5. The Hall–Kier alpha value is -1.71.